The summed E-state index contributed by atoms with van der Waals surface area (Å²) < 4.78 is 16.3. The van der Waals surface area contributed by atoms with Gasteiger partial charge in [-0.3, -0.25) is 4.90 Å². The topological polar surface area (TPSA) is 50.1 Å². The Balaban J connectivity index is 1.50. The SMILES string of the molecule is CC(C)C(c1nnnn1C1CCCCC1)N1CCN(c2ccccc2F)CC1. The van der Waals surface area contributed by atoms with Gasteiger partial charge in [-0.25, -0.2) is 9.07 Å². The molecule has 0 bridgehead atoms. The van der Waals surface area contributed by atoms with E-state index < -0.39 is 0 Å². The van der Waals surface area contributed by atoms with Crippen molar-refractivity contribution in [2.24, 2.45) is 5.92 Å². The van der Waals surface area contributed by atoms with Crippen molar-refractivity contribution in [3.63, 3.8) is 0 Å². The lowest BCUT2D eigenvalue weighted by molar-refractivity contribution is 0.130. The van der Waals surface area contributed by atoms with Crippen LogP contribution in [0.5, 0.6) is 0 Å². The highest BCUT2D eigenvalue weighted by molar-refractivity contribution is 5.48. The van der Waals surface area contributed by atoms with Gasteiger partial charge in [0.15, 0.2) is 5.82 Å². The van der Waals surface area contributed by atoms with Crippen molar-refractivity contribution < 1.29 is 4.39 Å². The highest BCUT2D eigenvalue weighted by Gasteiger charge is 2.33. The van der Waals surface area contributed by atoms with Crippen molar-refractivity contribution in [1.82, 2.24) is 25.1 Å². The third-order valence-electron chi connectivity index (χ3n) is 6.24. The number of rotatable bonds is 5. The second-order valence-corrected chi connectivity index (χ2v) is 8.44. The van der Waals surface area contributed by atoms with Gasteiger partial charge >= 0.3 is 0 Å². The fourth-order valence-electron chi connectivity index (χ4n) is 4.81. The zero-order valence-corrected chi connectivity index (χ0v) is 17.0. The van der Waals surface area contributed by atoms with Crippen LogP contribution >= 0.6 is 0 Å². The summed E-state index contributed by atoms with van der Waals surface area (Å²) in [6.07, 6.45) is 6.18. The first-order valence-electron chi connectivity index (χ1n) is 10.7. The van der Waals surface area contributed by atoms with Crippen LogP contribution in [0, 0.1) is 11.7 Å². The molecular formula is C21H31FN6. The standard InChI is InChI=1S/C21H31FN6/c1-16(2)20(21-23-24-25-28(21)17-8-4-3-5-9-17)27-14-12-26(13-15-27)19-11-7-6-10-18(19)22/h6-7,10-11,16-17,20H,3-5,8-9,12-15H2,1-2H3. The molecule has 2 heterocycles. The quantitative estimate of drug-likeness (QED) is 0.781. The number of aromatic nitrogens is 4. The molecule has 1 aliphatic carbocycles. The average molecular weight is 387 g/mol. The maximum absolute atomic E-state index is 14.2. The molecule has 1 aromatic heterocycles. The van der Waals surface area contributed by atoms with Crippen molar-refractivity contribution in [3.8, 4) is 0 Å². The molecule has 152 valence electrons. The highest BCUT2D eigenvalue weighted by Crippen LogP contribution is 2.34. The fraction of sp³-hybridized carbons (Fsp3) is 0.667. The number of para-hydroxylation sites is 1. The van der Waals surface area contributed by atoms with E-state index in [1.165, 1.54) is 38.2 Å². The van der Waals surface area contributed by atoms with Crippen molar-refractivity contribution in [1.29, 1.82) is 0 Å². The predicted molar refractivity (Wildman–Crippen MR) is 108 cm³/mol. The van der Waals surface area contributed by atoms with Crippen LogP contribution in [0.3, 0.4) is 0 Å². The van der Waals surface area contributed by atoms with E-state index >= 15 is 0 Å². The van der Waals surface area contributed by atoms with Crippen LogP contribution in [0.25, 0.3) is 0 Å². The van der Waals surface area contributed by atoms with E-state index in [9.17, 15) is 4.39 Å². The number of tetrazole rings is 1. The number of halogens is 1. The molecule has 7 heteroatoms. The van der Waals surface area contributed by atoms with Gasteiger partial charge in [0.05, 0.1) is 17.8 Å². The Labute approximate surface area is 166 Å². The molecule has 1 saturated heterocycles. The van der Waals surface area contributed by atoms with Crippen LogP contribution in [-0.4, -0.2) is 51.3 Å². The van der Waals surface area contributed by atoms with Crippen molar-refractivity contribution in [3.05, 3.63) is 35.9 Å². The Morgan fingerprint density at radius 3 is 2.39 bits per heavy atom. The molecule has 1 atom stereocenters. The Morgan fingerprint density at radius 1 is 1.00 bits per heavy atom. The van der Waals surface area contributed by atoms with E-state index in [4.69, 9.17) is 0 Å². The molecule has 4 rings (SSSR count). The smallest absolute Gasteiger partial charge is 0.168 e. The molecule has 0 amide bonds. The van der Waals surface area contributed by atoms with E-state index in [0.29, 0.717) is 17.6 Å². The van der Waals surface area contributed by atoms with Crippen LogP contribution < -0.4 is 4.90 Å². The Bertz CT molecular complexity index is 762. The van der Waals surface area contributed by atoms with Gasteiger partial charge in [-0.15, -0.1) is 5.10 Å². The van der Waals surface area contributed by atoms with E-state index in [1.807, 2.05) is 12.1 Å². The summed E-state index contributed by atoms with van der Waals surface area (Å²) in [6, 6.07) is 7.68. The predicted octanol–water partition coefficient (Wildman–Crippen LogP) is 3.84. The lowest BCUT2D eigenvalue weighted by Crippen LogP contribution is -2.49. The first-order chi connectivity index (χ1) is 13.6. The zero-order valence-electron chi connectivity index (χ0n) is 17.0. The number of hydrogen-bond acceptors (Lipinski definition) is 5. The number of piperazine rings is 1. The number of hydrogen-bond donors (Lipinski definition) is 0. The normalized spacial score (nSPS) is 20.6. The second kappa shape index (κ2) is 8.55. The molecule has 0 N–H and O–H groups in total. The number of anilines is 1. The van der Waals surface area contributed by atoms with Gasteiger partial charge in [-0.1, -0.05) is 45.2 Å². The van der Waals surface area contributed by atoms with Gasteiger partial charge < -0.3 is 4.90 Å². The maximum atomic E-state index is 14.2. The van der Waals surface area contributed by atoms with Gasteiger partial charge in [-0.2, -0.15) is 0 Å². The second-order valence-electron chi connectivity index (χ2n) is 8.44. The lowest BCUT2D eigenvalue weighted by atomic mass is 9.94. The zero-order chi connectivity index (χ0) is 19.5. The van der Waals surface area contributed by atoms with Crippen LogP contribution in [0.4, 0.5) is 10.1 Å². The largest absolute Gasteiger partial charge is 0.367 e. The molecule has 6 nitrogen and oxygen atoms in total. The molecule has 28 heavy (non-hydrogen) atoms. The van der Waals surface area contributed by atoms with Gasteiger partial charge in [-0.05, 0) is 41.3 Å². The van der Waals surface area contributed by atoms with Crippen LogP contribution in [-0.2, 0) is 0 Å². The third-order valence-corrected chi connectivity index (χ3v) is 6.24. The van der Waals surface area contributed by atoms with Crippen molar-refractivity contribution in [2.75, 3.05) is 31.1 Å². The molecule has 1 saturated carbocycles. The van der Waals surface area contributed by atoms with Crippen molar-refractivity contribution in [2.45, 2.75) is 58.0 Å². The third kappa shape index (κ3) is 3.90. The lowest BCUT2D eigenvalue weighted by Gasteiger charge is -2.41. The fourth-order valence-corrected chi connectivity index (χ4v) is 4.81. The molecule has 2 aromatic rings. The van der Waals surface area contributed by atoms with E-state index in [1.54, 1.807) is 6.07 Å². The molecule has 0 radical (unpaired) electrons. The summed E-state index contributed by atoms with van der Waals surface area (Å²) in [5, 5.41) is 12.9. The van der Waals surface area contributed by atoms with Crippen molar-refractivity contribution >= 4 is 5.69 Å². The Hall–Kier alpha value is -2.02. The summed E-state index contributed by atoms with van der Waals surface area (Å²) >= 11 is 0. The van der Waals surface area contributed by atoms with E-state index in [-0.39, 0.29) is 11.9 Å². The monoisotopic (exact) mass is 386 g/mol. The number of nitrogens with zero attached hydrogens (tertiary/aromatic N) is 6. The van der Waals surface area contributed by atoms with Crippen LogP contribution in [0.15, 0.2) is 24.3 Å². The molecule has 2 fully saturated rings. The summed E-state index contributed by atoms with van der Waals surface area (Å²) in [4.78, 5) is 4.63. The molecule has 1 unspecified atom stereocenters. The summed E-state index contributed by atoms with van der Waals surface area (Å²) in [7, 11) is 0. The van der Waals surface area contributed by atoms with Gasteiger partial charge in [0, 0.05) is 26.2 Å². The first kappa shape index (κ1) is 19.3. The van der Waals surface area contributed by atoms with Gasteiger partial charge in [0.2, 0.25) is 0 Å². The van der Waals surface area contributed by atoms with Crippen LogP contribution in [0.2, 0.25) is 0 Å². The van der Waals surface area contributed by atoms with E-state index in [0.717, 1.165) is 32.0 Å². The maximum Gasteiger partial charge on any atom is 0.168 e. The Morgan fingerprint density at radius 2 is 1.71 bits per heavy atom. The average Bonchev–Trinajstić information content (AvgIpc) is 3.19. The van der Waals surface area contributed by atoms with Crippen LogP contribution in [0.1, 0.15) is 63.9 Å². The molecule has 1 aliphatic heterocycles. The Kier molecular flexibility index (Phi) is 5.90. The minimum absolute atomic E-state index is 0.141. The minimum atomic E-state index is -0.141. The molecule has 1 aromatic carbocycles. The first-order valence-corrected chi connectivity index (χ1v) is 10.7. The summed E-state index contributed by atoms with van der Waals surface area (Å²) in [5.41, 5.74) is 0.704. The highest BCUT2D eigenvalue weighted by atomic mass is 19.1. The number of benzene rings is 1. The summed E-state index contributed by atoms with van der Waals surface area (Å²) in [5.74, 6) is 1.27. The van der Waals surface area contributed by atoms with Gasteiger partial charge in [0.1, 0.15) is 5.82 Å². The molecule has 2 aliphatic rings. The van der Waals surface area contributed by atoms with Gasteiger partial charge in [0.25, 0.3) is 0 Å². The molecule has 0 spiro atoms. The van der Waals surface area contributed by atoms with E-state index in [2.05, 4.69) is 43.9 Å². The summed E-state index contributed by atoms with van der Waals surface area (Å²) in [6.45, 7) is 7.88. The minimum Gasteiger partial charge on any atom is -0.367 e. The molecular weight excluding hydrogens is 355 g/mol.